The van der Waals surface area contributed by atoms with Gasteiger partial charge in [0.2, 0.25) is 5.91 Å². The van der Waals surface area contributed by atoms with Crippen LogP contribution < -0.4 is 10.2 Å². The number of fused-ring (bicyclic) bond motifs is 1. The van der Waals surface area contributed by atoms with E-state index in [9.17, 15) is 4.79 Å². The Bertz CT molecular complexity index is 715. The molecule has 1 aliphatic heterocycles. The summed E-state index contributed by atoms with van der Waals surface area (Å²) in [6.07, 6.45) is 0.415. The summed E-state index contributed by atoms with van der Waals surface area (Å²) in [5.41, 5.74) is 3.76. The van der Waals surface area contributed by atoms with E-state index < -0.39 is 0 Å². The molecule has 2 aromatic carbocycles. The van der Waals surface area contributed by atoms with Crippen molar-refractivity contribution in [2.75, 3.05) is 16.8 Å². The molecule has 21 heavy (non-hydrogen) atoms. The number of hydrogen-bond donors (Lipinski definition) is 1. The lowest BCUT2D eigenvalue weighted by molar-refractivity contribution is -0.115. The minimum Gasteiger partial charge on any atom is -0.339 e. The largest absolute Gasteiger partial charge is 0.339 e. The quantitative estimate of drug-likeness (QED) is 0.819. The van der Waals surface area contributed by atoms with Crippen LogP contribution in [0.1, 0.15) is 12.0 Å². The van der Waals surface area contributed by atoms with E-state index in [1.165, 1.54) is 0 Å². The molecule has 3 rings (SSSR count). The zero-order valence-electron chi connectivity index (χ0n) is 11.5. The third kappa shape index (κ3) is 2.71. The first kappa shape index (κ1) is 14.2. The number of anilines is 3. The van der Waals surface area contributed by atoms with Crippen LogP contribution in [0.4, 0.5) is 17.1 Å². The number of halogens is 2. The van der Waals surface area contributed by atoms with Gasteiger partial charge in [0.25, 0.3) is 0 Å². The van der Waals surface area contributed by atoms with E-state index in [1.54, 1.807) is 12.1 Å². The summed E-state index contributed by atoms with van der Waals surface area (Å²) in [6, 6.07) is 11.6. The number of benzene rings is 2. The minimum atomic E-state index is -0.0225. The highest BCUT2D eigenvalue weighted by molar-refractivity contribution is 6.42. The van der Waals surface area contributed by atoms with Gasteiger partial charge in [-0.3, -0.25) is 4.79 Å². The van der Waals surface area contributed by atoms with Crippen molar-refractivity contribution in [2.45, 2.75) is 13.3 Å². The molecule has 1 N–H and O–H groups in total. The van der Waals surface area contributed by atoms with Gasteiger partial charge in [-0.15, -0.1) is 0 Å². The van der Waals surface area contributed by atoms with Crippen LogP contribution in [0.5, 0.6) is 0 Å². The SMILES string of the molecule is Cc1ccccc1N1CCC(=O)Nc2cc(Cl)c(Cl)cc21. The highest BCUT2D eigenvalue weighted by Gasteiger charge is 2.22. The molecule has 0 spiro atoms. The molecule has 0 atom stereocenters. The Morgan fingerprint density at radius 2 is 1.81 bits per heavy atom. The number of carbonyl (C=O) groups excluding carboxylic acids is 1. The van der Waals surface area contributed by atoms with Crippen molar-refractivity contribution >= 4 is 46.2 Å². The average molecular weight is 321 g/mol. The number of nitrogens with zero attached hydrogens (tertiary/aromatic N) is 1. The van der Waals surface area contributed by atoms with Gasteiger partial charge in [-0.2, -0.15) is 0 Å². The molecule has 108 valence electrons. The van der Waals surface area contributed by atoms with Crippen molar-refractivity contribution in [2.24, 2.45) is 0 Å². The molecule has 1 heterocycles. The molecule has 0 saturated carbocycles. The van der Waals surface area contributed by atoms with Crippen molar-refractivity contribution in [3.05, 3.63) is 52.0 Å². The van der Waals surface area contributed by atoms with Crippen LogP contribution in [-0.2, 0) is 4.79 Å². The summed E-state index contributed by atoms with van der Waals surface area (Å²) in [6.45, 7) is 2.65. The zero-order valence-corrected chi connectivity index (χ0v) is 13.0. The predicted molar refractivity (Wildman–Crippen MR) is 87.9 cm³/mol. The van der Waals surface area contributed by atoms with Crippen LogP contribution in [-0.4, -0.2) is 12.5 Å². The van der Waals surface area contributed by atoms with E-state index in [1.807, 2.05) is 31.2 Å². The van der Waals surface area contributed by atoms with Crippen molar-refractivity contribution in [1.82, 2.24) is 0 Å². The van der Waals surface area contributed by atoms with E-state index in [2.05, 4.69) is 10.2 Å². The molecule has 1 aliphatic rings. The second-order valence-electron chi connectivity index (χ2n) is 5.02. The predicted octanol–water partition coefficient (Wildman–Crippen LogP) is 4.78. The summed E-state index contributed by atoms with van der Waals surface area (Å²) >= 11 is 12.2. The van der Waals surface area contributed by atoms with Gasteiger partial charge in [0.15, 0.2) is 0 Å². The fraction of sp³-hybridized carbons (Fsp3) is 0.188. The average Bonchev–Trinajstić information content (AvgIpc) is 2.59. The molecule has 3 nitrogen and oxygen atoms in total. The molecule has 0 saturated heterocycles. The number of amides is 1. The molecule has 0 aliphatic carbocycles. The van der Waals surface area contributed by atoms with Crippen LogP contribution in [0.3, 0.4) is 0 Å². The summed E-state index contributed by atoms with van der Waals surface area (Å²) in [5, 5.41) is 3.80. The minimum absolute atomic E-state index is 0.0225. The molecule has 2 aromatic rings. The van der Waals surface area contributed by atoms with Gasteiger partial charge in [0.05, 0.1) is 21.4 Å². The van der Waals surface area contributed by atoms with Gasteiger partial charge >= 0.3 is 0 Å². The van der Waals surface area contributed by atoms with Gasteiger partial charge in [0, 0.05) is 18.7 Å². The van der Waals surface area contributed by atoms with Crippen LogP contribution in [0.2, 0.25) is 10.0 Å². The van der Waals surface area contributed by atoms with Crippen molar-refractivity contribution in [1.29, 1.82) is 0 Å². The van der Waals surface area contributed by atoms with Crippen LogP contribution in [0, 0.1) is 6.92 Å². The molecule has 0 bridgehead atoms. The van der Waals surface area contributed by atoms with Gasteiger partial charge in [0.1, 0.15) is 0 Å². The van der Waals surface area contributed by atoms with Gasteiger partial charge < -0.3 is 10.2 Å². The standard InChI is InChI=1S/C16H14Cl2N2O/c1-10-4-2-3-5-14(10)20-7-6-16(21)19-13-8-11(17)12(18)9-15(13)20/h2-5,8-9H,6-7H2,1H3,(H,19,21). The Morgan fingerprint density at radius 1 is 1.10 bits per heavy atom. The summed E-state index contributed by atoms with van der Waals surface area (Å²) in [5.74, 6) is -0.0225. The lowest BCUT2D eigenvalue weighted by Gasteiger charge is -2.26. The van der Waals surface area contributed by atoms with Crippen LogP contribution in [0.15, 0.2) is 36.4 Å². The molecule has 1 amide bonds. The third-order valence-corrected chi connectivity index (χ3v) is 4.29. The van der Waals surface area contributed by atoms with E-state index >= 15 is 0 Å². The first-order chi connectivity index (χ1) is 10.1. The lowest BCUT2D eigenvalue weighted by atomic mass is 10.1. The number of hydrogen-bond acceptors (Lipinski definition) is 2. The topological polar surface area (TPSA) is 32.3 Å². The Balaban J connectivity index is 2.17. The van der Waals surface area contributed by atoms with Crippen molar-refractivity contribution in [3.63, 3.8) is 0 Å². The molecule has 0 unspecified atom stereocenters. The van der Waals surface area contributed by atoms with Gasteiger partial charge in [-0.25, -0.2) is 0 Å². The summed E-state index contributed by atoms with van der Waals surface area (Å²) in [4.78, 5) is 14.0. The summed E-state index contributed by atoms with van der Waals surface area (Å²) in [7, 11) is 0. The fourth-order valence-electron chi connectivity index (χ4n) is 2.52. The maximum atomic E-state index is 11.9. The number of rotatable bonds is 1. The van der Waals surface area contributed by atoms with E-state index in [4.69, 9.17) is 23.2 Å². The Hall–Kier alpha value is -1.71. The van der Waals surface area contributed by atoms with Gasteiger partial charge in [-0.05, 0) is 30.7 Å². The number of carbonyl (C=O) groups is 1. The second kappa shape index (κ2) is 5.58. The normalized spacial score (nSPS) is 14.4. The smallest absolute Gasteiger partial charge is 0.226 e. The Kier molecular flexibility index (Phi) is 3.79. The Labute approximate surface area is 133 Å². The number of nitrogens with one attached hydrogen (secondary N) is 1. The summed E-state index contributed by atoms with van der Waals surface area (Å²) < 4.78 is 0. The highest BCUT2D eigenvalue weighted by Crippen LogP contribution is 2.40. The molecule has 0 aromatic heterocycles. The van der Waals surface area contributed by atoms with Crippen molar-refractivity contribution in [3.8, 4) is 0 Å². The number of aryl methyl sites for hydroxylation is 1. The van der Waals surface area contributed by atoms with Crippen LogP contribution >= 0.6 is 23.2 Å². The van der Waals surface area contributed by atoms with E-state index in [0.29, 0.717) is 28.7 Å². The molecular weight excluding hydrogens is 307 g/mol. The Morgan fingerprint density at radius 3 is 2.57 bits per heavy atom. The fourth-order valence-corrected chi connectivity index (χ4v) is 2.84. The van der Waals surface area contributed by atoms with E-state index in [0.717, 1.165) is 16.9 Å². The maximum Gasteiger partial charge on any atom is 0.226 e. The highest BCUT2D eigenvalue weighted by atomic mass is 35.5. The third-order valence-electron chi connectivity index (χ3n) is 3.57. The monoisotopic (exact) mass is 320 g/mol. The second-order valence-corrected chi connectivity index (χ2v) is 5.83. The first-order valence-corrected chi connectivity index (χ1v) is 7.44. The zero-order chi connectivity index (χ0) is 15.0. The molecule has 5 heteroatoms. The van der Waals surface area contributed by atoms with E-state index in [-0.39, 0.29) is 5.91 Å². The number of para-hydroxylation sites is 1. The van der Waals surface area contributed by atoms with Crippen LogP contribution in [0.25, 0.3) is 0 Å². The maximum absolute atomic E-state index is 11.9. The van der Waals surface area contributed by atoms with Crippen molar-refractivity contribution < 1.29 is 4.79 Å². The lowest BCUT2D eigenvalue weighted by Crippen LogP contribution is -2.19. The molecule has 0 radical (unpaired) electrons. The van der Waals surface area contributed by atoms with Gasteiger partial charge in [-0.1, -0.05) is 41.4 Å². The molecule has 0 fully saturated rings. The first-order valence-electron chi connectivity index (χ1n) is 6.68. The molecular formula is C16H14Cl2N2O.